The van der Waals surface area contributed by atoms with E-state index < -0.39 is 5.82 Å². The van der Waals surface area contributed by atoms with Gasteiger partial charge in [0.1, 0.15) is 23.4 Å². The molecule has 4 nitrogen and oxygen atoms in total. The summed E-state index contributed by atoms with van der Waals surface area (Å²) in [4.78, 5) is 0. The number of phenols is 1. The highest BCUT2D eigenvalue weighted by atomic mass is 19.1. The number of morpholine rings is 1. The maximum absolute atomic E-state index is 13.1. The molecule has 0 saturated carbocycles. The van der Waals surface area contributed by atoms with Crippen molar-refractivity contribution in [2.45, 2.75) is 6.10 Å². The number of hydrogen-bond donors (Lipinski definition) is 2. The molecule has 1 fully saturated rings. The fraction of sp³-hybridized carbons (Fsp3) is 0.455. The maximum Gasteiger partial charge on any atom is 0.131 e. The lowest BCUT2D eigenvalue weighted by Gasteiger charge is -2.25. The highest BCUT2D eigenvalue weighted by Crippen LogP contribution is 2.36. The van der Waals surface area contributed by atoms with E-state index in [1.54, 1.807) is 0 Å². The molecule has 2 N–H and O–H groups in total. The lowest BCUT2D eigenvalue weighted by molar-refractivity contribution is 0.0247. The summed E-state index contributed by atoms with van der Waals surface area (Å²) in [5.41, 5.74) is 0.496. The molecule has 0 aromatic heterocycles. The monoisotopic (exact) mass is 227 g/mol. The SMILES string of the molecule is COc1cc(F)cc(O)c1C1CNCCO1. The molecule has 0 amide bonds. The van der Waals surface area contributed by atoms with Crippen LogP contribution in [0.5, 0.6) is 11.5 Å². The summed E-state index contributed by atoms with van der Waals surface area (Å²) in [7, 11) is 1.44. The van der Waals surface area contributed by atoms with Crippen LogP contribution in [-0.4, -0.2) is 31.9 Å². The number of aromatic hydroxyl groups is 1. The number of nitrogens with one attached hydrogen (secondary N) is 1. The van der Waals surface area contributed by atoms with Crippen LogP contribution < -0.4 is 10.1 Å². The Morgan fingerprint density at radius 3 is 3.00 bits per heavy atom. The standard InChI is InChI=1S/C11H14FNO3/c1-15-9-5-7(12)4-8(14)11(9)10-6-13-2-3-16-10/h4-5,10,13-14H,2-3,6H2,1H3. The normalized spacial score (nSPS) is 20.8. The van der Waals surface area contributed by atoms with Crippen molar-refractivity contribution in [3.8, 4) is 11.5 Å². The molecule has 0 aliphatic carbocycles. The number of rotatable bonds is 2. The van der Waals surface area contributed by atoms with Crippen LogP contribution in [0, 0.1) is 5.82 Å². The van der Waals surface area contributed by atoms with Gasteiger partial charge in [-0.25, -0.2) is 4.39 Å². The summed E-state index contributed by atoms with van der Waals surface area (Å²) >= 11 is 0. The predicted molar refractivity (Wildman–Crippen MR) is 56.2 cm³/mol. The fourth-order valence-corrected chi connectivity index (χ4v) is 1.82. The van der Waals surface area contributed by atoms with E-state index >= 15 is 0 Å². The first-order chi connectivity index (χ1) is 7.72. The van der Waals surface area contributed by atoms with Crippen LogP contribution in [0.25, 0.3) is 0 Å². The van der Waals surface area contributed by atoms with Crippen LogP contribution in [0.15, 0.2) is 12.1 Å². The Labute approximate surface area is 93.0 Å². The molecule has 1 aromatic carbocycles. The summed E-state index contributed by atoms with van der Waals surface area (Å²) in [6.45, 7) is 1.92. The van der Waals surface area contributed by atoms with Gasteiger partial charge >= 0.3 is 0 Å². The first kappa shape index (κ1) is 11.2. The van der Waals surface area contributed by atoms with Crippen molar-refractivity contribution in [1.82, 2.24) is 5.32 Å². The number of halogens is 1. The topological polar surface area (TPSA) is 50.7 Å². The zero-order valence-electron chi connectivity index (χ0n) is 9.00. The summed E-state index contributed by atoms with van der Waals surface area (Å²) in [5, 5.41) is 12.9. The van der Waals surface area contributed by atoms with Crippen molar-refractivity contribution in [2.24, 2.45) is 0 Å². The predicted octanol–water partition coefficient (Wildman–Crippen LogP) is 1.20. The summed E-state index contributed by atoms with van der Waals surface area (Å²) < 4.78 is 23.6. The third-order valence-corrected chi connectivity index (χ3v) is 2.55. The van der Waals surface area contributed by atoms with Crippen molar-refractivity contribution >= 4 is 0 Å². The third kappa shape index (κ3) is 2.10. The van der Waals surface area contributed by atoms with Crippen molar-refractivity contribution in [2.75, 3.05) is 26.8 Å². The lowest BCUT2D eigenvalue weighted by Crippen LogP contribution is -2.33. The van der Waals surface area contributed by atoms with Crippen LogP contribution in [-0.2, 0) is 4.74 Å². The molecular weight excluding hydrogens is 213 g/mol. The van der Waals surface area contributed by atoms with Gasteiger partial charge in [-0.05, 0) is 0 Å². The van der Waals surface area contributed by atoms with Crippen molar-refractivity contribution in [3.05, 3.63) is 23.5 Å². The molecular formula is C11H14FNO3. The van der Waals surface area contributed by atoms with Crippen LogP contribution in [0.2, 0.25) is 0 Å². The number of hydrogen-bond acceptors (Lipinski definition) is 4. The number of methoxy groups -OCH3 is 1. The van der Waals surface area contributed by atoms with Gasteiger partial charge in [0.25, 0.3) is 0 Å². The fourth-order valence-electron chi connectivity index (χ4n) is 1.82. The van der Waals surface area contributed by atoms with Crippen molar-refractivity contribution in [3.63, 3.8) is 0 Å². The molecule has 1 saturated heterocycles. The van der Waals surface area contributed by atoms with Crippen molar-refractivity contribution < 1.29 is 19.0 Å². The van der Waals surface area contributed by atoms with Gasteiger partial charge in [-0.2, -0.15) is 0 Å². The van der Waals surface area contributed by atoms with Gasteiger partial charge in [-0.3, -0.25) is 0 Å². The zero-order chi connectivity index (χ0) is 11.5. The Kier molecular flexibility index (Phi) is 3.26. The number of ether oxygens (including phenoxy) is 2. The zero-order valence-corrected chi connectivity index (χ0v) is 9.00. The first-order valence-corrected chi connectivity index (χ1v) is 5.11. The Morgan fingerprint density at radius 1 is 1.56 bits per heavy atom. The van der Waals surface area contributed by atoms with E-state index in [1.165, 1.54) is 13.2 Å². The molecule has 1 unspecified atom stereocenters. The average Bonchev–Trinajstić information content (AvgIpc) is 2.29. The van der Waals surface area contributed by atoms with E-state index in [-0.39, 0.29) is 11.9 Å². The second kappa shape index (κ2) is 4.67. The Morgan fingerprint density at radius 2 is 2.38 bits per heavy atom. The molecule has 1 atom stereocenters. The quantitative estimate of drug-likeness (QED) is 0.797. The molecule has 0 bridgehead atoms. The van der Waals surface area contributed by atoms with Gasteiger partial charge in [-0.1, -0.05) is 0 Å². The molecule has 1 heterocycles. The molecule has 2 rings (SSSR count). The van der Waals surface area contributed by atoms with E-state index in [4.69, 9.17) is 9.47 Å². The minimum absolute atomic E-state index is 0.134. The van der Waals surface area contributed by atoms with Gasteiger partial charge < -0.3 is 19.9 Å². The maximum atomic E-state index is 13.1. The second-order valence-electron chi connectivity index (χ2n) is 3.60. The summed E-state index contributed by atoms with van der Waals surface area (Å²) in [6, 6.07) is 2.31. The molecule has 1 aromatic rings. The minimum Gasteiger partial charge on any atom is -0.507 e. The molecule has 88 valence electrons. The number of benzene rings is 1. The van der Waals surface area contributed by atoms with Gasteiger partial charge in [0.05, 0.1) is 19.3 Å². The molecule has 0 radical (unpaired) electrons. The highest BCUT2D eigenvalue weighted by Gasteiger charge is 2.23. The minimum atomic E-state index is -0.526. The molecule has 16 heavy (non-hydrogen) atoms. The smallest absolute Gasteiger partial charge is 0.131 e. The largest absolute Gasteiger partial charge is 0.507 e. The third-order valence-electron chi connectivity index (χ3n) is 2.55. The van der Waals surface area contributed by atoms with E-state index in [1.807, 2.05) is 0 Å². The lowest BCUT2D eigenvalue weighted by atomic mass is 10.1. The van der Waals surface area contributed by atoms with E-state index in [2.05, 4.69) is 5.32 Å². The summed E-state index contributed by atoms with van der Waals surface area (Å²) in [5.74, 6) is -0.349. The molecule has 1 aliphatic rings. The Bertz CT molecular complexity index is 378. The van der Waals surface area contributed by atoms with E-state index in [0.29, 0.717) is 24.5 Å². The highest BCUT2D eigenvalue weighted by molar-refractivity contribution is 5.46. The van der Waals surface area contributed by atoms with Gasteiger partial charge in [-0.15, -0.1) is 0 Å². The van der Waals surface area contributed by atoms with Gasteiger partial charge in [0, 0.05) is 25.2 Å². The molecule has 5 heteroatoms. The van der Waals surface area contributed by atoms with Crippen molar-refractivity contribution in [1.29, 1.82) is 0 Å². The Balaban J connectivity index is 2.37. The second-order valence-corrected chi connectivity index (χ2v) is 3.60. The van der Waals surface area contributed by atoms with E-state index in [0.717, 1.165) is 12.6 Å². The average molecular weight is 227 g/mol. The molecule has 0 spiro atoms. The van der Waals surface area contributed by atoms with E-state index in [9.17, 15) is 9.50 Å². The molecule has 1 aliphatic heterocycles. The van der Waals surface area contributed by atoms with Crippen LogP contribution in [0.3, 0.4) is 0 Å². The van der Waals surface area contributed by atoms with Crippen LogP contribution >= 0.6 is 0 Å². The Hall–Kier alpha value is -1.33. The summed E-state index contributed by atoms with van der Waals surface area (Å²) in [6.07, 6.45) is -0.302. The first-order valence-electron chi connectivity index (χ1n) is 5.11. The van der Waals surface area contributed by atoms with Crippen LogP contribution in [0.1, 0.15) is 11.7 Å². The van der Waals surface area contributed by atoms with Crippen LogP contribution in [0.4, 0.5) is 4.39 Å². The van der Waals surface area contributed by atoms with Gasteiger partial charge in [0.15, 0.2) is 0 Å². The van der Waals surface area contributed by atoms with Gasteiger partial charge in [0.2, 0.25) is 0 Å². The number of phenolic OH excluding ortho intramolecular Hbond substituents is 1.